The van der Waals surface area contributed by atoms with Crippen molar-refractivity contribution in [3.63, 3.8) is 0 Å². The Morgan fingerprint density at radius 3 is 2.44 bits per heavy atom. The van der Waals surface area contributed by atoms with Crippen LogP contribution in [0.2, 0.25) is 0 Å². The molecule has 0 unspecified atom stereocenters. The number of amides is 1. The van der Waals surface area contributed by atoms with Crippen molar-refractivity contribution in [2.75, 3.05) is 19.6 Å². The Kier molecular flexibility index (Phi) is 4.36. The van der Waals surface area contributed by atoms with Gasteiger partial charge in [0.1, 0.15) is 0 Å². The molecule has 16 heavy (non-hydrogen) atoms. The average Bonchev–Trinajstić information content (AvgIpc) is 2.27. The lowest BCUT2D eigenvalue weighted by molar-refractivity contribution is -0.130. The third-order valence-corrected chi connectivity index (χ3v) is 3.98. The number of nitrogens with one attached hydrogen (secondary N) is 2. The van der Waals surface area contributed by atoms with Crippen LogP contribution in [-0.2, 0) is 4.79 Å². The number of carbonyl (C=O) groups is 1. The first kappa shape index (κ1) is 13.5. The van der Waals surface area contributed by atoms with E-state index in [1.54, 1.807) is 0 Å². The largest absolute Gasteiger partial charge is 0.355 e. The molecule has 1 amide bonds. The fourth-order valence-corrected chi connectivity index (χ4v) is 1.90. The molecule has 0 radical (unpaired) electrons. The Bertz CT molecular complexity index is 242. The molecule has 0 aliphatic carbocycles. The van der Waals surface area contributed by atoms with Crippen LogP contribution in [0.15, 0.2) is 0 Å². The van der Waals surface area contributed by atoms with E-state index in [1.165, 1.54) is 0 Å². The standard InChI is InChI=1S/C13H26N2O/c1-5-12(2,3)11(16)15-10-13(4)6-8-14-9-7-13/h14H,5-10H2,1-4H3,(H,15,16). The van der Waals surface area contributed by atoms with Gasteiger partial charge in [-0.05, 0) is 37.8 Å². The molecule has 0 spiro atoms. The third-order valence-electron chi connectivity index (χ3n) is 3.98. The number of carbonyl (C=O) groups excluding carboxylic acids is 1. The first-order chi connectivity index (χ1) is 7.40. The van der Waals surface area contributed by atoms with Gasteiger partial charge in [0.2, 0.25) is 5.91 Å². The van der Waals surface area contributed by atoms with Gasteiger partial charge < -0.3 is 10.6 Å². The summed E-state index contributed by atoms with van der Waals surface area (Å²) < 4.78 is 0. The molecule has 1 heterocycles. The van der Waals surface area contributed by atoms with Crippen LogP contribution in [-0.4, -0.2) is 25.5 Å². The van der Waals surface area contributed by atoms with Crippen LogP contribution >= 0.6 is 0 Å². The van der Waals surface area contributed by atoms with Crippen LogP contribution in [0.4, 0.5) is 0 Å². The van der Waals surface area contributed by atoms with Gasteiger partial charge in [0.15, 0.2) is 0 Å². The maximum Gasteiger partial charge on any atom is 0.225 e. The minimum Gasteiger partial charge on any atom is -0.355 e. The molecule has 1 rings (SSSR count). The minimum atomic E-state index is -0.233. The molecule has 0 aromatic rings. The smallest absolute Gasteiger partial charge is 0.225 e. The molecule has 94 valence electrons. The molecular weight excluding hydrogens is 200 g/mol. The van der Waals surface area contributed by atoms with Crippen molar-refractivity contribution >= 4 is 5.91 Å². The molecule has 0 aromatic heterocycles. The highest BCUT2D eigenvalue weighted by Gasteiger charge is 2.30. The van der Waals surface area contributed by atoms with Crippen LogP contribution in [0.25, 0.3) is 0 Å². The third kappa shape index (κ3) is 3.48. The molecule has 3 nitrogen and oxygen atoms in total. The molecule has 1 aliphatic heterocycles. The van der Waals surface area contributed by atoms with Gasteiger partial charge in [0, 0.05) is 12.0 Å². The van der Waals surface area contributed by atoms with Crippen molar-refractivity contribution in [3.8, 4) is 0 Å². The van der Waals surface area contributed by atoms with Crippen molar-refractivity contribution < 1.29 is 4.79 Å². The van der Waals surface area contributed by atoms with Gasteiger partial charge in [0.25, 0.3) is 0 Å². The second kappa shape index (κ2) is 5.17. The molecule has 0 aromatic carbocycles. The first-order valence-electron chi connectivity index (χ1n) is 6.39. The molecule has 0 bridgehead atoms. The second-order valence-electron chi connectivity index (χ2n) is 5.98. The predicted molar refractivity (Wildman–Crippen MR) is 67.3 cm³/mol. The predicted octanol–water partition coefficient (Wildman–Crippen LogP) is 1.93. The van der Waals surface area contributed by atoms with Crippen LogP contribution in [0, 0.1) is 10.8 Å². The van der Waals surface area contributed by atoms with Gasteiger partial charge in [0.05, 0.1) is 0 Å². The molecule has 2 N–H and O–H groups in total. The van der Waals surface area contributed by atoms with Crippen LogP contribution < -0.4 is 10.6 Å². The monoisotopic (exact) mass is 226 g/mol. The highest BCUT2D eigenvalue weighted by Crippen LogP contribution is 2.27. The van der Waals surface area contributed by atoms with Crippen molar-refractivity contribution in [2.24, 2.45) is 10.8 Å². The number of hydrogen-bond donors (Lipinski definition) is 2. The average molecular weight is 226 g/mol. The van der Waals surface area contributed by atoms with E-state index in [2.05, 4.69) is 24.5 Å². The summed E-state index contributed by atoms with van der Waals surface area (Å²) in [6.45, 7) is 11.3. The zero-order chi connectivity index (χ0) is 12.2. The highest BCUT2D eigenvalue weighted by atomic mass is 16.2. The fraction of sp³-hybridized carbons (Fsp3) is 0.923. The number of piperidine rings is 1. The van der Waals surface area contributed by atoms with Crippen molar-refractivity contribution in [2.45, 2.75) is 47.0 Å². The van der Waals surface area contributed by atoms with E-state index < -0.39 is 0 Å². The van der Waals surface area contributed by atoms with Gasteiger partial charge >= 0.3 is 0 Å². The lowest BCUT2D eigenvalue weighted by Gasteiger charge is -2.35. The van der Waals surface area contributed by atoms with Gasteiger partial charge in [-0.2, -0.15) is 0 Å². The van der Waals surface area contributed by atoms with Crippen LogP contribution in [0.1, 0.15) is 47.0 Å². The Morgan fingerprint density at radius 1 is 1.38 bits per heavy atom. The molecule has 1 fully saturated rings. The summed E-state index contributed by atoms with van der Waals surface area (Å²) >= 11 is 0. The highest BCUT2D eigenvalue weighted by molar-refractivity contribution is 5.81. The molecule has 0 atom stereocenters. The molecule has 1 aliphatic rings. The number of rotatable bonds is 4. The van der Waals surface area contributed by atoms with Gasteiger partial charge in [-0.1, -0.05) is 27.7 Å². The maximum atomic E-state index is 12.0. The Labute approximate surface area is 99.4 Å². The molecular formula is C13H26N2O. The van der Waals surface area contributed by atoms with E-state index in [4.69, 9.17) is 0 Å². The SMILES string of the molecule is CCC(C)(C)C(=O)NCC1(C)CCNCC1. The van der Waals surface area contributed by atoms with Crippen LogP contribution in [0.5, 0.6) is 0 Å². The minimum absolute atomic E-state index is 0.190. The summed E-state index contributed by atoms with van der Waals surface area (Å²) in [5.41, 5.74) is 0.0496. The Morgan fingerprint density at radius 2 is 1.94 bits per heavy atom. The summed E-state index contributed by atoms with van der Waals surface area (Å²) in [6, 6.07) is 0. The molecule has 3 heteroatoms. The lowest BCUT2D eigenvalue weighted by atomic mass is 9.80. The van der Waals surface area contributed by atoms with E-state index in [0.717, 1.165) is 38.9 Å². The van der Waals surface area contributed by atoms with E-state index in [1.807, 2.05) is 13.8 Å². The van der Waals surface area contributed by atoms with Crippen molar-refractivity contribution in [1.82, 2.24) is 10.6 Å². The zero-order valence-electron chi connectivity index (χ0n) is 11.2. The van der Waals surface area contributed by atoms with E-state index in [0.29, 0.717) is 0 Å². The van der Waals surface area contributed by atoms with Crippen molar-refractivity contribution in [3.05, 3.63) is 0 Å². The normalized spacial score (nSPS) is 20.5. The van der Waals surface area contributed by atoms with Gasteiger partial charge in [-0.3, -0.25) is 4.79 Å². The van der Waals surface area contributed by atoms with Gasteiger partial charge in [-0.25, -0.2) is 0 Å². The van der Waals surface area contributed by atoms with Crippen molar-refractivity contribution in [1.29, 1.82) is 0 Å². The summed E-state index contributed by atoms with van der Waals surface area (Å²) in [7, 11) is 0. The summed E-state index contributed by atoms with van der Waals surface area (Å²) in [4.78, 5) is 12.0. The van der Waals surface area contributed by atoms with Crippen LogP contribution in [0.3, 0.4) is 0 Å². The summed E-state index contributed by atoms with van der Waals surface area (Å²) in [6.07, 6.45) is 3.19. The summed E-state index contributed by atoms with van der Waals surface area (Å²) in [5, 5.41) is 6.47. The number of hydrogen-bond acceptors (Lipinski definition) is 2. The summed E-state index contributed by atoms with van der Waals surface area (Å²) in [5.74, 6) is 0.190. The maximum absolute atomic E-state index is 12.0. The quantitative estimate of drug-likeness (QED) is 0.769. The first-order valence-corrected chi connectivity index (χ1v) is 6.39. The Balaban J connectivity index is 2.41. The lowest BCUT2D eigenvalue weighted by Crippen LogP contribution is -2.46. The fourth-order valence-electron chi connectivity index (χ4n) is 1.90. The Hall–Kier alpha value is -0.570. The zero-order valence-corrected chi connectivity index (χ0v) is 11.2. The van der Waals surface area contributed by atoms with E-state index in [-0.39, 0.29) is 16.7 Å². The van der Waals surface area contributed by atoms with E-state index in [9.17, 15) is 4.79 Å². The molecule has 0 saturated carbocycles. The topological polar surface area (TPSA) is 41.1 Å². The van der Waals surface area contributed by atoms with E-state index >= 15 is 0 Å². The second-order valence-corrected chi connectivity index (χ2v) is 5.98. The van der Waals surface area contributed by atoms with Gasteiger partial charge in [-0.15, -0.1) is 0 Å². The molecule has 1 saturated heterocycles.